The van der Waals surface area contributed by atoms with E-state index in [-0.39, 0.29) is 56.3 Å². The Labute approximate surface area is 307 Å². The molecule has 2 atom stereocenters. The lowest BCUT2D eigenvalue weighted by atomic mass is 9.88. The standard InChI is InChI=1S/C38H42Cl3N3O6/c1-47-22-48-21-33-34(38(46)44(27-10-11-27)20-26-19-25(9-14-30(26)39)35(42)36(45)24-5-6-24)29(15-16-43-33)23-7-12-28(13-8-23)49-17-18-50-37-31(40)3-2-4-32(37)41/h2-4,7-9,12-14,19,24,27,33,35,43H,5-6,10-11,15-18,20-22,42H2,1H3/t33-,35?/m1/s1. The number of amides is 1. The van der Waals surface area contributed by atoms with Crippen LogP contribution in [-0.4, -0.2) is 68.9 Å². The first-order chi connectivity index (χ1) is 24.2. The Kier molecular flexibility index (Phi) is 12.4. The molecule has 3 aromatic rings. The van der Waals surface area contributed by atoms with Crippen molar-refractivity contribution < 1.29 is 28.5 Å². The number of hydrogen-bond donors (Lipinski definition) is 2. The lowest BCUT2D eigenvalue weighted by molar-refractivity contribution is -0.129. The number of methoxy groups -OCH3 is 1. The number of rotatable bonds is 17. The van der Waals surface area contributed by atoms with E-state index in [0.717, 1.165) is 47.9 Å². The molecule has 12 heteroatoms. The molecule has 50 heavy (non-hydrogen) atoms. The van der Waals surface area contributed by atoms with Crippen molar-refractivity contribution in [3.8, 4) is 11.5 Å². The van der Waals surface area contributed by atoms with Crippen molar-refractivity contribution in [2.75, 3.05) is 40.3 Å². The molecule has 1 aliphatic heterocycles. The smallest absolute Gasteiger partial charge is 0.252 e. The minimum atomic E-state index is -0.705. The van der Waals surface area contributed by atoms with Crippen molar-refractivity contribution >= 4 is 52.1 Å². The molecule has 0 aromatic heterocycles. The fourth-order valence-corrected chi connectivity index (χ4v) is 6.93. The number of ether oxygens (including phenoxy) is 4. The summed E-state index contributed by atoms with van der Waals surface area (Å²) in [6.45, 7) is 1.91. The Balaban J connectivity index is 1.22. The van der Waals surface area contributed by atoms with Crippen LogP contribution in [0, 0.1) is 5.92 Å². The van der Waals surface area contributed by atoms with E-state index in [0.29, 0.717) is 51.7 Å². The van der Waals surface area contributed by atoms with E-state index in [1.165, 1.54) is 0 Å². The molecule has 1 unspecified atom stereocenters. The van der Waals surface area contributed by atoms with Gasteiger partial charge in [-0.05, 0) is 91.2 Å². The molecule has 2 fully saturated rings. The molecule has 3 N–H and O–H groups in total. The molecule has 1 amide bonds. The number of carbonyl (C=O) groups excluding carboxylic acids is 2. The largest absolute Gasteiger partial charge is 0.490 e. The molecule has 1 heterocycles. The van der Waals surface area contributed by atoms with Crippen molar-refractivity contribution in [2.45, 2.75) is 56.8 Å². The molecular weight excluding hydrogens is 701 g/mol. The van der Waals surface area contributed by atoms with Crippen LogP contribution in [0.2, 0.25) is 15.1 Å². The second kappa shape index (κ2) is 16.9. The molecule has 0 saturated heterocycles. The Morgan fingerprint density at radius 1 is 0.940 bits per heavy atom. The first-order valence-electron chi connectivity index (χ1n) is 17.0. The van der Waals surface area contributed by atoms with E-state index in [4.69, 9.17) is 59.5 Å². The van der Waals surface area contributed by atoms with Gasteiger partial charge in [-0.2, -0.15) is 0 Å². The highest BCUT2D eigenvalue weighted by molar-refractivity contribution is 6.37. The monoisotopic (exact) mass is 741 g/mol. The maximum atomic E-state index is 14.7. The number of nitrogens with zero attached hydrogens (tertiary/aromatic N) is 1. The molecular formula is C38H42Cl3N3O6. The number of ketones is 1. The molecule has 9 nitrogen and oxygen atoms in total. The van der Waals surface area contributed by atoms with Gasteiger partial charge in [-0.25, -0.2) is 0 Å². The van der Waals surface area contributed by atoms with Crippen molar-refractivity contribution in [3.05, 3.63) is 98.0 Å². The summed E-state index contributed by atoms with van der Waals surface area (Å²) in [6, 6.07) is 17.4. The van der Waals surface area contributed by atoms with Crippen LogP contribution in [0.3, 0.4) is 0 Å². The van der Waals surface area contributed by atoms with Crippen LogP contribution in [-0.2, 0) is 25.6 Å². The van der Waals surface area contributed by atoms with E-state index in [1.54, 1.807) is 31.4 Å². The van der Waals surface area contributed by atoms with E-state index in [2.05, 4.69) is 5.32 Å². The average molecular weight is 743 g/mol. The number of benzene rings is 3. The highest BCUT2D eigenvalue weighted by Gasteiger charge is 2.39. The second-order valence-corrected chi connectivity index (χ2v) is 14.1. The molecule has 6 rings (SSSR count). The zero-order valence-electron chi connectivity index (χ0n) is 28.0. The third-order valence-electron chi connectivity index (χ3n) is 9.18. The Bertz CT molecular complexity index is 1690. The van der Waals surface area contributed by atoms with Crippen LogP contribution in [0.5, 0.6) is 11.5 Å². The van der Waals surface area contributed by atoms with E-state index in [1.807, 2.05) is 41.3 Å². The number of para-hydroxylation sites is 1. The summed E-state index contributed by atoms with van der Waals surface area (Å²) >= 11 is 19.1. The van der Waals surface area contributed by atoms with Crippen LogP contribution in [0.4, 0.5) is 0 Å². The SMILES string of the molecule is COCOC[C@H]1NCCC(c2ccc(OCCOc3c(Cl)cccc3Cl)cc2)=C1C(=O)N(Cc1cc(C(N)C(=O)C2CC2)ccc1Cl)C1CC1. The zero-order chi connectivity index (χ0) is 35.2. The maximum absolute atomic E-state index is 14.7. The molecule has 2 aliphatic carbocycles. The molecule has 0 spiro atoms. The van der Waals surface area contributed by atoms with Gasteiger partial charge in [0.15, 0.2) is 11.5 Å². The van der Waals surface area contributed by atoms with Crippen molar-refractivity contribution in [1.82, 2.24) is 10.2 Å². The normalized spacial score (nSPS) is 18.1. The number of hydrogen-bond acceptors (Lipinski definition) is 8. The van der Waals surface area contributed by atoms with Crippen molar-refractivity contribution in [1.29, 1.82) is 0 Å². The summed E-state index contributed by atoms with van der Waals surface area (Å²) in [5.41, 5.74) is 10.4. The number of carbonyl (C=O) groups is 2. The second-order valence-electron chi connectivity index (χ2n) is 12.9. The molecule has 0 radical (unpaired) electrons. The summed E-state index contributed by atoms with van der Waals surface area (Å²) in [5, 5.41) is 4.91. The number of nitrogens with two attached hydrogens (primary N) is 1. The molecule has 3 aromatic carbocycles. The summed E-state index contributed by atoms with van der Waals surface area (Å²) in [5.74, 6) is 1.12. The predicted octanol–water partition coefficient (Wildman–Crippen LogP) is 7.01. The Morgan fingerprint density at radius 3 is 2.34 bits per heavy atom. The summed E-state index contributed by atoms with van der Waals surface area (Å²) in [6.07, 6.45) is 4.25. The van der Waals surface area contributed by atoms with E-state index in [9.17, 15) is 9.59 Å². The van der Waals surface area contributed by atoms with Crippen LogP contribution in [0.25, 0.3) is 5.57 Å². The van der Waals surface area contributed by atoms with Gasteiger partial charge in [0.2, 0.25) is 0 Å². The first-order valence-corrected chi connectivity index (χ1v) is 18.1. The topological polar surface area (TPSA) is 112 Å². The first kappa shape index (κ1) is 36.6. The van der Waals surface area contributed by atoms with Crippen LogP contribution >= 0.6 is 34.8 Å². The van der Waals surface area contributed by atoms with E-state index >= 15 is 0 Å². The van der Waals surface area contributed by atoms with Gasteiger partial charge in [0.1, 0.15) is 25.8 Å². The lowest BCUT2D eigenvalue weighted by Crippen LogP contribution is -2.47. The minimum Gasteiger partial charge on any atom is -0.490 e. The quantitative estimate of drug-likeness (QED) is 0.112. The maximum Gasteiger partial charge on any atom is 0.252 e. The predicted molar refractivity (Wildman–Crippen MR) is 195 cm³/mol. The van der Waals surface area contributed by atoms with Gasteiger partial charge in [-0.15, -0.1) is 0 Å². The van der Waals surface area contributed by atoms with Gasteiger partial charge < -0.3 is 34.9 Å². The van der Waals surface area contributed by atoms with Gasteiger partial charge in [-0.1, -0.05) is 65.1 Å². The average Bonchev–Trinajstić information content (AvgIpc) is 4.05. The number of Topliss-reactive ketones (excluding diaryl/α,β-unsaturated/α-hetero) is 1. The fourth-order valence-electron chi connectivity index (χ4n) is 6.25. The number of nitrogens with one attached hydrogen (secondary N) is 1. The van der Waals surface area contributed by atoms with E-state index < -0.39 is 6.04 Å². The summed E-state index contributed by atoms with van der Waals surface area (Å²) < 4.78 is 22.6. The highest BCUT2D eigenvalue weighted by atomic mass is 35.5. The van der Waals surface area contributed by atoms with Crippen LogP contribution in [0.1, 0.15) is 54.8 Å². The molecule has 3 aliphatic rings. The van der Waals surface area contributed by atoms with Gasteiger partial charge in [0.25, 0.3) is 5.91 Å². The molecule has 0 bridgehead atoms. The van der Waals surface area contributed by atoms with Gasteiger partial charge >= 0.3 is 0 Å². The third-order valence-corrected chi connectivity index (χ3v) is 10.1. The third kappa shape index (κ3) is 9.01. The molecule has 266 valence electrons. The minimum absolute atomic E-state index is 0.0450. The van der Waals surface area contributed by atoms with Crippen LogP contribution in [0.15, 0.2) is 66.2 Å². The lowest BCUT2D eigenvalue weighted by Gasteiger charge is -2.33. The van der Waals surface area contributed by atoms with Crippen molar-refractivity contribution in [2.24, 2.45) is 11.7 Å². The Morgan fingerprint density at radius 2 is 1.66 bits per heavy atom. The molecule has 2 saturated carbocycles. The Hall–Kier alpha value is -3.15. The zero-order valence-corrected chi connectivity index (χ0v) is 30.2. The van der Waals surface area contributed by atoms with Gasteiger partial charge in [0, 0.05) is 36.2 Å². The van der Waals surface area contributed by atoms with Gasteiger partial charge in [0.05, 0.1) is 28.7 Å². The summed E-state index contributed by atoms with van der Waals surface area (Å²) in [7, 11) is 1.57. The number of halogens is 3. The summed E-state index contributed by atoms with van der Waals surface area (Å²) in [4.78, 5) is 29.4. The van der Waals surface area contributed by atoms with Crippen LogP contribution < -0.4 is 20.5 Å². The fraction of sp³-hybridized carbons (Fsp3) is 0.421. The van der Waals surface area contributed by atoms with Gasteiger partial charge in [-0.3, -0.25) is 9.59 Å². The van der Waals surface area contributed by atoms with Crippen molar-refractivity contribution in [3.63, 3.8) is 0 Å². The highest BCUT2D eigenvalue weighted by Crippen LogP contribution is 2.38.